The number of ether oxygens (including phenoxy) is 1. The summed E-state index contributed by atoms with van der Waals surface area (Å²) in [5.41, 5.74) is 1.55. The van der Waals surface area contributed by atoms with Crippen LogP contribution >= 0.6 is 0 Å². The summed E-state index contributed by atoms with van der Waals surface area (Å²) in [6.45, 7) is 0.562. The minimum Gasteiger partial charge on any atom is -0.445 e. The van der Waals surface area contributed by atoms with E-state index in [-0.39, 0.29) is 12.0 Å². The fraction of sp³-hybridized carbons (Fsp3) is 0.125. The highest BCUT2D eigenvalue weighted by Gasteiger charge is 2.00. The van der Waals surface area contributed by atoms with Gasteiger partial charge in [0.25, 0.3) is 0 Å². The Labute approximate surface area is 122 Å². The van der Waals surface area contributed by atoms with Crippen LogP contribution in [0, 0.1) is 0 Å². The van der Waals surface area contributed by atoms with Crippen molar-refractivity contribution in [3.63, 3.8) is 0 Å². The Morgan fingerprint density at radius 3 is 2.81 bits per heavy atom. The molecule has 5 nitrogen and oxygen atoms in total. The van der Waals surface area contributed by atoms with E-state index in [4.69, 9.17) is 4.74 Å². The van der Waals surface area contributed by atoms with E-state index in [1.165, 1.54) is 12.1 Å². The normalized spacial score (nSPS) is 10.5. The molecule has 1 aromatic carbocycles. The number of pyridine rings is 1. The fourth-order valence-electron chi connectivity index (χ4n) is 1.66. The van der Waals surface area contributed by atoms with E-state index in [9.17, 15) is 9.59 Å². The Balaban J connectivity index is 1.71. The molecule has 0 unspecified atom stereocenters. The zero-order valence-electron chi connectivity index (χ0n) is 11.4. The molecular formula is C16H16N2O3. The molecule has 0 aliphatic rings. The van der Waals surface area contributed by atoms with Gasteiger partial charge in [0.2, 0.25) is 0 Å². The van der Waals surface area contributed by atoms with E-state index < -0.39 is 6.09 Å². The van der Waals surface area contributed by atoms with Gasteiger partial charge in [-0.15, -0.1) is 0 Å². The monoisotopic (exact) mass is 284 g/mol. The van der Waals surface area contributed by atoms with Gasteiger partial charge >= 0.3 is 6.09 Å². The minimum absolute atomic E-state index is 0.0661. The van der Waals surface area contributed by atoms with E-state index in [2.05, 4.69) is 10.3 Å². The van der Waals surface area contributed by atoms with Gasteiger partial charge in [-0.3, -0.25) is 4.79 Å². The molecule has 0 aliphatic heterocycles. The van der Waals surface area contributed by atoms with Crippen LogP contribution in [0.15, 0.2) is 59.5 Å². The van der Waals surface area contributed by atoms with Crippen molar-refractivity contribution in [2.24, 2.45) is 0 Å². The minimum atomic E-state index is -0.481. The van der Waals surface area contributed by atoms with E-state index in [1.54, 1.807) is 18.3 Å². The van der Waals surface area contributed by atoms with Crippen molar-refractivity contribution in [3.05, 3.63) is 76.2 Å². The number of hydrogen-bond acceptors (Lipinski definition) is 3. The third-order valence-corrected chi connectivity index (χ3v) is 2.67. The van der Waals surface area contributed by atoms with Crippen molar-refractivity contribution in [1.82, 2.24) is 10.3 Å². The van der Waals surface area contributed by atoms with Gasteiger partial charge in [-0.25, -0.2) is 4.79 Å². The lowest BCUT2D eigenvalue weighted by molar-refractivity contribution is 0.141. The molecule has 108 valence electrons. The molecule has 0 atom stereocenters. The van der Waals surface area contributed by atoms with Gasteiger partial charge in [0.15, 0.2) is 5.43 Å². The van der Waals surface area contributed by atoms with Crippen LogP contribution in [0.4, 0.5) is 4.79 Å². The summed E-state index contributed by atoms with van der Waals surface area (Å²) in [4.78, 5) is 25.5. The van der Waals surface area contributed by atoms with Gasteiger partial charge in [0.05, 0.1) is 0 Å². The largest absolute Gasteiger partial charge is 0.445 e. The quantitative estimate of drug-likeness (QED) is 0.885. The zero-order valence-corrected chi connectivity index (χ0v) is 11.4. The first-order valence-electron chi connectivity index (χ1n) is 6.54. The summed E-state index contributed by atoms with van der Waals surface area (Å²) >= 11 is 0. The second kappa shape index (κ2) is 7.69. The van der Waals surface area contributed by atoms with Crippen LogP contribution in [-0.4, -0.2) is 17.6 Å². The van der Waals surface area contributed by atoms with Crippen molar-refractivity contribution < 1.29 is 9.53 Å². The van der Waals surface area contributed by atoms with Crippen molar-refractivity contribution in [3.8, 4) is 0 Å². The van der Waals surface area contributed by atoms with Gasteiger partial charge in [-0.1, -0.05) is 36.4 Å². The SMILES string of the molecule is O=C(NCC=Cc1cc(=O)cc[nH]1)OCc1ccccc1. The van der Waals surface area contributed by atoms with Crippen LogP contribution in [0.1, 0.15) is 11.3 Å². The molecule has 0 aliphatic carbocycles. The van der Waals surface area contributed by atoms with Gasteiger partial charge in [0, 0.05) is 30.6 Å². The van der Waals surface area contributed by atoms with Crippen molar-refractivity contribution in [1.29, 1.82) is 0 Å². The molecule has 0 saturated heterocycles. The van der Waals surface area contributed by atoms with E-state index in [0.29, 0.717) is 12.2 Å². The number of aromatic amines is 1. The molecule has 1 amide bonds. The van der Waals surface area contributed by atoms with E-state index >= 15 is 0 Å². The Kier molecular flexibility index (Phi) is 5.34. The third-order valence-electron chi connectivity index (χ3n) is 2.67. The smallest absolute Gasteiger partial charge is 0.407 e. The molecule has 0 bridgehead atoms. The van der Waals surface area contributed by atoms with Crippen molar-refractivity contribution in [2.75, 3.05) is 6.54 Å². The molecule has 0 spiro atoms. The maximum Gasteiger partial charge on any atom is 0.407 e. The van der Waals surface area contributed by atoms with Crippen molar-refractivity contribution >= 4 is 12.2 Å². The zero-order chi connectivity index (χ0) is 14.9. The Hall–Kier alpha value is -2.82. The lowest BCUT2D eigenvalue weighted by Crippen LogP contribution is -2.24. The molecule has 0 saturated carbocycles. The number of nitrogens with one attached hydrogen (secondary N) is 2. The van der Waals surface area contributed by atoms with Gasteiger partial charge in [0.1, 0.15) is 6.61 Å². The van der Waals surface area contributed by atoms with E-state index in [0.717, 1.165) is 5.56 Å². The number of rotatable bonds is 5. The maximum atomic E-state index is 11.5. The average molecular weight is 284 g/mol. The Morgan fingerprint density at radius 1 is 1.24 bits per heavy atom. The predicted molar refractivity (Wildman–Crippen MR) is 80.7 cm³/mol. The molecule has 1 aromatic heterocycles. The number of benzene rings is 1. The maximum absolute atomic E-state index is 11.5. The first-order valence-corrected chi connectivity index (χ1v) is 6.54. The summed E-state index contributed by atoms with van der Waals surface area (Å²) in [5.74, 6) is 0. The van der Waals surface area contributed by atoms with Gasteiger partial charge in [-0.05, 0) is 11.6 Å². The molecule has 2 rings (SSSR count). The Morgan fingerprint density at radius 2 is 2.05 bits per heavy atom. The van der Waals surface area contributed by atoms with Crippen LogP contribution in [0.3, 0.4) is 0 Å². The molecule has 21 heavy (non-hydrogen) atoms. The molecule has 2 aromatic rings. The van der Waals surface area contributed by atoms with Crippen molar-refractivity contribution in [2.45, 2.75) is 6.61 Å². The second-order valence-corrected chi connectivity index (χ2v) is 4.32. The third kappa shape index (κ3) is 5.36. The number of alkyl carbamates (subject to hydrolysis) is 1. The Bertz CT molecular complexity index is 662. The van der Waals surface area contributed by atoms with E-state index in [1.807, 2.05) is 30.3 Å². The van der Waals surface area contributed by atoms with Crippen LogP contribution in [-0.2, 0) is 11.3 Å². The molecular weight excluding hydrogens is 268 g/mol. The molecule has 2 N–H and O–H groups in total. The number of H-pyrrole nitrogens is 1. The highest BCUT2D eigenvalue weighted by Crippen LogP contribution is 2.00. The number of amides is 1. The standard InChI is InChI=1S/C16H16N2O3/c19-15-8-10-17-14(11-15)7-4-9-18-16(20)21-12-13-5-2-1-3-6-13/h1-8,10-11H,9,12H2,(H,17,19)(H,18,20). The first kappa shape index (κ1) is 14.6. The number of hydrogen-bond donors (Lipinski definition) is 2. The average Bonchev–Trinajstić information content (AvgIpc) is 2.51. The van der Waals surface area contributed by atoms with Crippen LogP contribution in [0.25, 0.3) is 6.08 Å². The predicted octanol–water partition coefficient (Wildman–Crippen LogP) is 2.31. The topological polar surface area (TPSA) is 71.2 Å². The molecule has 0 fully saturated rings. The highest BCUT2D eigenvalue weighted by atomic mass is 16.5. The molecule has 1 heterocycles. The van der Waals surface area contributed by atoms with Crippen LogP contribution < -0.4 is 10.7 Å². The summed E-state index contributed by atoms with van der Waals surface area (Å²) in [7, 11) is 0. The first-order chi connectivity index (χ1) is 10.2. The number of aromatic nitrogens is 1. The second-order valence-electron chi connectivity index (χ2n) is 4.32. The molecule has 0 radical (unpaired) electrons. The van der Waals surface area contributed by atoms with Crippen LogP contribution in [0.5, 0.6) is 0 Å². The lowest BCUT2D eigenvalue weighted by Gasteiger charge is -2.05. The molecule has 5 heteroatoms. The lowest BCUT2D eigenvalue weighted by atomic mass is 10.2. The number of carbonyl (C=O) groups excluding carboxylic acids is 1. The fourth-order valence-corrected chi connectivity index (χ4v) is 1.66. The summed E-state index contributed by atoms with van der Waals surface area (Å²) < 4.78 is 5.06. The van der Waals surface area contributed by atoms with Crippen LogP contribution in [0.2, 0.25) is 0 Å². The number of carbonyl (C=O) groups is 1. The van der Waals surface area contributed by atoms with Gasteiger partial charge < -0.3 is 15.0 Å². The van der Waals surface area contributed by atoms with Gasteiger partial charge in [-0.2, -0.15) is 0 Å². The summed E-state index contributed by atoms with van der Waals surface area (Å²) in [6, 6.07) is 12.4. The summed E-state index contributed by atoms with van der Waals surface area (Å²) in [6.07, 6.45) is 4.54. The highest BCUT2D eigenvalue weighted by molar-refractivity contribution is 5.67. The summed E-state index contributed by atoms with van der Waals surface area (Å²) in [5, 5.41) is 2.60.